The Balaban J connectivity index is 3.01. The minimum absolute atomic E-state index is 0.0210. The number of hydrogen-bond donors (Lipinski definition) is 2. The van der Waals surface area contributed by atoms with Crippen LogP contribution in [0.2, 0.25) is 0 Å². The van der Waals surface area contributed by atoms with Gasteiger partial charge in [0.15, 0.2) is 0 Å². The third kappa shape index (κ3) is 3.66. The van der Waals surface area contributed by atoms with Crippen LogP contribution in [0.15, 0.2) is 18.2 Å². The van der Waals surface area contributed by atoms with Crippen LogP contribution < -0.4 is 9.56 Å². The quantitative estimate of drug-likeness (QED) is 0.818. The van der Waals surface area contributed by atoms with Gasteiger partial charge in [-0.2, -0.15) is 0 Å². The van der Waals surface area contributed by atoms with Crippen molar-refractivity contribution in [2.45, 2.75) is 19.9 Å². The Labute approximate surface area is 101 Å². The Morgan fingerprint density at radius 3 is 2.44 bits per heavy atom. The summed E-state index contributed by atoms with van der Waals surface area (Å²) in [4.78, 5) is 2.61. The van der Waals surface area contributed by atoms with Gasteiger partial charge in [0.1, 0.15) is 0 Å². The molecule has 0 bridgehead atoms. The minimum atomic E-state index is -3.23. The molecule has 2 N–H and O–H groups in total. The molecule has 1 aromatic rings. The van der Waals surface area contributed by atoms with Gasteiger partial charge in [-0.05, 0) is 42.8 Å². The molecule has 90 valence electrons. The van der Waals surface area contributed by atoms with Crippen molar-refractivity contribution in [3.63, 3.8) is 0 Å². The summed E-state index contributed by atoms with van der Waals surface area (Å²) in [6, 6.07) is 5.48. The molecule has 0 heterocycles. The Kier molecular flexibility index (Phi) is 4.18. The van der Waals surface area contributed by atoms with Gasteiger partial charge in [-0.15, -0.1) is 0 Å². The van der Waals surface area contributed by atoms with E-state index in [2.05, 4.69) is 9.56 Å². The lowest BCUT2D eigenvalue weighted by Gasteiger charge is -2.13. The third-order valence-corrected chi connectivity index (χ3v) is 3.13. The summed E-state index contributed by atoms with van der Waals surface area (Å²) < 4.78 is 24.6. The molecular weight excluding hydrogens is 248 g/mol. The van der Waals surface area contributed by atoms with Crippen molar-refractivity contribution < 1.29 is 8.42 Å². The van der Waals surface area contributed by atoms with E-state index in [4.69, 9.17) is 11.8 Å². The molecule has 0 aromatic heterocycles. The van der Waals surface area contributed by atoms with E-state index >= 15 is 0 Å². The molecule has 0 amide bonds. The number of hydrogen-bond acceptors (Lipinski definition) is 3. The van der Waals surface area contributed by atoms with Crippen LogP contribution in [0.25, 0.3) is 0 Å². The first kappa shape index (κ1) is 13.3. The lowest BCUT2D eigenvalue weighted by atomic mass is 10.1. The highest BCUT2D eigenvalue weighted by molar-refractivity contribution is 7.92. The number of sulfonamides is 1. The number of nitrogens with one attached hydrogen (secondary N) is 2. The molecule has 0 aliphatic carbocycles. The average molecular weight is 263 g/mol. The third-order valence-electron chi connectivity index (χ3n) is 2.21. The molecule has 6 heteroatoms. The molecule has 1 aromatic carbocycles. The van der Waals surface area contributed by atoms with Crippen molar-refractivity contribution in [2.75, 3.05) is 11.0 Å². The molecule has 0 saturated heterocycles. The van der Waals surface area contributed by atoms with Crippen molar-refractivity contribution in [3.8, 4) is 0 Å². The molecule has 0 radical (unpaired) electrons. The van der Waals surface area contributed by atoms with Gasteiger partial charge in [-0.3, -0.25) is 4.72 Å². The van der Waals surface area contributed by atoms with Gasteiger partial charge in [-0.25, -0.2) is 13.3 Å². The molecule has 0 fully saturated rings. The zero-order chi connectivity index (χ0) is 12.3. The predicted molar refractivity (Wildman–Crippen MR) is 67.0 cm³/mol. The second-order valence-electron chi connectivity index (χ2n) is 3.78. The molecule has 0 spiro atoms. The standard InChI is InChI=1S/C10H15ClN2O2S/c1-7-6-9(8(2)12-11)4-5-10(7)13-16(3,14)15/h4-6,8,12-13H,1-3H3. The van der Waals surface area contributed by atoms with E-state index in [-0.39, 0.29) is 6.04 Å². The topological polar surface area (TPSA) is 58.2 Å². The Morgan fingerprint density at radius 1 is 1.38 bits per heavy atom. The summed E-state index contributed by atoms with van der Waals surface area (Å²) >= 11 is 5.52. The maximum absolute atomic E-state index is 11.1. The van der Waals surface area contributed by atoms with Crippen molar-refractivity contribution in [1.29, 1.82) is 0 Å². The fraction of sp³-hybridized carbons (Fsp3) is 0.400. The summed E-state index contributed by atoms with van der Waals surface area (Å²) in [5, 5.41) is 0. The van der Waals surface area contributed by atoms with E-state index in [1.54, 1.807) is 6.07 Å². The monoisotopic (exact) mass is 262 g/mol. The van der Waals surface area contributed by atoms with Gasteiger partial charge in [0.2, 0.25) is 10.0 Å². The maximum Gasteiger partial charge on any atom is 0.229 e. The fourth-order valence-corrected chi connectivity index (χ4v) is 2.09. The minimum Gasteiger partial charge on any atom is -0.284 e. The predicted octanol–water partition coefficient (Wildman–Crippen LogP) is 2.17. The van der Waals surface area contributed by atoms with Crippen molar-refractivity contribution >= 4 is 27.5 Å². The van der Waals surface area contributed by atoms with Crippen molar-refractivity contribution in [2.24, 2.45) is 0 Å². The van der Waals surface area contributed by atoms with Crippen LogP contribution in [0, 0.1) is 6.92 Å². The molecule has 1 atom stereocenters. The van der Waals surface area contributed by atoms with E-state index in [9.17, 15) is 8.42 Å². The van der Waals surface area contributed by atoms with Crippen LogP contribution >= 0.6 is 11.8 Å². The molecule has 16 heavy (non-hydrogen) atoms. The molecular formula is C10H15ClN2O2S. The van der Waals surface area contributed by atoms with Crippen LogP contribution in [0.1, 0.15) is 24.1 Å². The van der Waals surface area contributed by atoms with Crippen LogP contribution in [0.3, 0.4) is 0 Å². The van der Waals surface area contributed by atoms with Gasteiger partial charge in [0.05, 0.1) is 11.9 Å². The van der Waals surface area contributed by atoms with Crippen LogP contribution in [0.5, 0.6) is 0 Å². The summed E-state index contributed by atoms with van der Waals surface area (Å²) in [5.74, 6) is 0. The number of aryl methyl sites for hydroxylation is 1. The SMILES string of the molecule is Cc1cc(C(C)NCl)ccc1NS(C)(=O)=O. The number of benzene rings is 1. The number of halogens is 1. The maximum atomic E-state index is 11.1. The first-order valence-electron chi connectivity index (χ1n) is 4.78. The van der Waals surface area contributed by atoms with Crippen LogP contribution in [0.4, 0.5) is 5.69 Å². The number of anilines is 1. The Hall–Kier alpha value is -0.780. The smallest absolute Gasteiger partial charge is 0.229 e. The van der Waals surface area contributed by atoms with Crippen LogP contribution in [-0.2, 0) is 10.0 Å². The highest BCUT2D eigenvalue weighted by Gasteiger charge is 2.08. The highest BCUT2D eigenvalue weighted by Crippen LogP contribution is 2.21. The first-order valence-corrected chi connectivity index (χ1v) is 7.05. The van der Waals surface area contributed by atoms with Gasteiger partial charge in [0, 0.05) is 6.04 Å². The molecule has 0 aliphatic rings. The summed E-state index contributed by atoms with van der Waals surface area (Å²) in [6.07, 6.45) is 1.13. The van der Waals surface area contributed by atoms with Gasteiger partial charge in [-0.1, -0.05) is 12.1 Å². The van der Waals surface area contributed by atoms with Crippen molar-refractivity contribution in [3.05, 3.63) is 29.3 Å². The average Bonchev–Trinajstić information content (AvgIpc) is 2.18. The first-order chi connectivity index (χ1) is 7.33. The van der Waals surface area contributed by atoms with E-state index in [1.165, 1.54) is 0 Å². The molecule has 1 rings (SSSR count). The van der Waals surface area contributed by atoms with Gasteiger partial charge in [0.25, 0.3) is 0 Å². The lowest BCUT2D eigenvalue weighted by Crippen LogP contribution is -2.12. The molecule has 4 nitrogen and oxygen atoms in total. The highest BCUT2D eigenvalue weighted by atomic mass is 35.5. The normalized spacial score (nSPS) is 13.5. The zero-order valence-corrected chi connectivity index (χ0v) is 11.0. The van der Waals surface area contributed by atoms with E-state index in [1.807, 2.05) is 26.0 Å². The van der Waals surface area contributed by atoms with E-state index < -0.39 is 10.0 Å². The van der Waals surface area contributed by atoms with Crippen molar-refractivity contribution in [1.82, 2.24) is 4.84 Å². The number of rotatable bonds is 4. The lowest BCUT2D eigenvalue weighted by molar-refractivity contribution is 0.607. The molecule has 0 aliphatic heterocycles. The molecule has 0 saturated carbocycles. The summed E-state index contributed by atoms with van der Waals surface area (Å²) in [6.45, 7) is 3.77. The zero-order valence-electron chi connectivity index (χ0n) is 9.41. The van der Waals surface area contributed by atoms with E-state index in [0.717, 1.165) is 17.4 Å². The second-order valence-corrected chi connectivity index (χ2v) is 5.75. The molecule has 1 unspecified atom stereocenters. The summed E-state index contributed by atoms with van der Waals surface area (Å²) in [7, 11) is -3.23. The largest absolute Gasteiger partial charge is 0.284 e. The van der Waals surface area contributed by atoms with Gasteiger partial charge >= 0.3 is 0 Å². The summed E-state index contributed by atoms with van der Waals surface area (Å²) in [5.41, 5.74) is 2.46. The second kappa shape index (κ2) is 5.03. The Bertz CT molecular complexity index is 474. The van der Waals surface area contributed by atoms with Crippen LogP contribution in [-0.4, -0.2) is 14.7 Å². The van der Waals surface area contributed by atoms with Gasteiger partial charge < -0.3 is 0 Å². The van der Waals surface area contributed by atoms with E-state index in [0.29, 0.717) is 5.69 Å². The Morgan fingerprint density at radius 2 is 2.00 bits per heavy atom. The fourth-order valence-electron chi connectivity index (χ4n) is 1.33.